The average molecular weight is 1280 g/mol. The summed E-state index contributed by atoms with van der Waals surface area (Å²) in [5.74, 6) is 0.778. The lowest BCUT2D eigenvalue weighted by Gasteiger charge is -2.21. The normalized spacial score (nSPS) is 14.6. The van der Waals surface area contributed by atoms with Crippen LogP contribution in [-0.4, -0.2) is 96.7 Å². The topological polar surface area (TPSA) is 237 Å². The number of esters is 4. The standard InChI is InChI=1S/C68H132O17P2/c1-9-61(8)47-39-31-21-18-19-23-34-42-50-67(72)84-63(54-78-65(70)48-40-32-22-17-15-13-11-10-12-14-16-20-28-36-44-58(2)3)56-82-86(74,75)80-52-62(69)53-81-87(76,77)83-57-64(85-68(73)51-43-35-27-25-30-38-46-60(6)7)55-79-66(71)49-41-33-26-24-29-37-45-59(4)5/h58-64,69H,9-57H2,1-8H3,(H,74,75)(H,76,77)/t61?,62-,63-,64-/m1/s1. The molecule has 0 aromatic rings. The Bertz CT molecular complexity index is 1730. The highest BCUT2D eigenvalue weighted by Gasteiger charge is 2.30. The Hall–Kier alpha value is -1.94. The summed E-state index contributed by atoms with van der Waals surface area (Å²) in [5, 5.41) is 10.6. The van der Waals surface area contributed by atoms with Crippen molar-refractivity contribution in [3.8, 4) is 0 Å². The molecule has 0 radical (unpaired) electrons. The Morgan fingerprint density at radius 3 is 0.816 bits per heavy atom. The summed E-state index contributed by atoms with van der Waals surface area (Å²) < 4.78 is 68.1. The van der Waals surface area contributed by atoms with E-state index in [9.17, 15) is 43.2 Å². The highest BCUT2D eigenvalue weighted by Crippen LogP contribution is 2.45. The molecule has 0 amide bonds. The van der Waals surface area contributed by atoms with Gasteiger partial charge in [0.15, 0.2) is 12.2 Å². The van der Waals surface area contributed by atoms with Crippen LogP contribution in [0.4, 0.5) is 0 Å². The maximum absolute atomic E-state index is 13.0. The number of unbranched alkanes of at least 4 members (excludes halogenated alkanes) is 30. The van der Waals surface area contributed by atoms with Gasteiger partial charge in [0.2, 0.25) is 0 Å². The van der Waals surface area contributed by atoms with Gasteiger partial charge in [-0.1, -0.05) is 280 Å². The second-order valence-corrected chi connectivity index (χ2v) is 29.1. The minimum Gasteiger partial charge on any atom is -0.462 e. The van der Waals surface area contributed by atoms with E-state index >= 15 is 0 Å². The second kappa shape index (κ2) is 57.9. The molecule has 0 aliphatic carbocycles. The molecular formula is C68H132O17P2. The van der Waals surface area contributed by atoms with Gasteiger partial charge in [-0.3, -0.25) is 37.3 Å². The molecule has 0 saturated carbocycles. The molecule has 0 fully saturated rings. The number of ether oxygens (including phenoxy) is 4. The highest BCUT2D eigenvalue weighted by atomic mass is 31.2. The fourth-order valence-electron chi connectivity index (χ4n) is 10.1. The second-order valence-electron chi connectivity index (χ2n) is 26.2. The van der Waals surface area contributed by atoms with Crippen molar-refractivity contribution < 1.29 is 80.2 Å². The summed E-state index contributed by atoms with van der Waals surface area (Å²) in [6.07, 6.45) is 39.3. The Morgan fingerprint density at radius 1 is 0.322 bits per heavy atom. The lowest BCUT2D eigenvalue weighted by atomic mass is 9.99. The van der Waals surface area contributed by atoms with Gasteiger partial charge in [-0.05, 0) is 49.4 Å². The van der Waals surface area contributed by atoms with Crippen LogP contribution in [0.15, 0.2) is 0 Å². The molecule has 0 aliphatic heterocycles. The summed E-state index contributed by atoms with van der Waals surface area (Å²) in [6.45, 7) is 14.0. The zero-order chi connectivity index (χ0) is 64.7. The quantitative estimate of drug-likeness (QED) is 0.0222. The van der Waals surface area contributed by atoms with E-state index in [0.717, 1.165) is 108 Å². The minimum absolute atomic E-state index is 0.100. The van der Waals surface area contributed by atoms with Crippen molar-refractivity contribution >= 4 is 39.5 Å². The van der Waals surface area contributed by atoms with Crippen LogP contribution >= 0.6 is 15.6 Å². The first kappa shape index (κ1) is 85.1. The molecule has 6 atom stereocenters. The van der Waals surface area contributed by atoms with E-state index in [1.165, 1.54) is 128 Å². The Kier molecular flexibility index (Phi) is 56.6. The fraction of sp³-hybridized carbons (Fsp3) is 0.941. The van der Waals surface area contributed by atoms with E-state index in [4.69, 9.17) is 37.0 Å². The Labute approximate surface area is 530 Å². The van der Waals surface area contributed by atoms with Gasteiger partial charge in [0.25, 0.3) is 0 Å². The molecule has 0 saturated heterocycles. The van der Waals surface area contributed by atoms with Crippen LogP contribution in [0.25, 0.3) is 0 Å². The van der Waals surface area contributed by atoms with Crippen LogP contribution in [0, 0.1) is 23.7 Å². The summed E-state index contributed by atoms with van der Waals surface area (Å²) in [5.41, 5.74) is 0. The smallest absolute Gasteiger partial charge is 0.462 e. The minimum atomic E-state index is -4.95. The molecule has 0 bridgehead atoms. The number of aliphatic hydroxyl groups is 1. The number of carbonyl (C=O) groups is 4. The molecule has 0 aromatic heterocycles. The zero-order valence-electron chi connectivity index (χ0n) is 56.6. The third-order valence-electron chi connectivity index (χ3n) is 15.9. The van der Waals surface area contributed by atoms with Crippen LogP contribution in [-0.2, 0) is 65.4 Å². The van der Waals surface area contributed by atoms with Gasteiger partial charge >= 0.3 is 39.5 Å². The predicted molar refractivity (Wildman–Crippen MR) is 349 cm³/mol. The Morgan fingerprint density at radius 2 is 0.552 bits per heavy atom. The number of hydrogen-bond donors (Lipinski definition) is 3. The molecule has 87 heavy (non-hydrogen) atoms. The van der Waals surface area contributed by atoms with Crippen LogP contribution in [0.5, 0.6) is 0 Å². The number of rotatable bonds is 65. The maximum atomic E-state index is 13.0. The summed E-state index contributed by atoms with van der Waals surface area (Å²) in [4.78, 5) is 72.3. The van der Waals surface area contributed by atoms with Crippen LogP contribution in [0.1, 0.15) is 331 Å². The van der Waals surface area contributed by atoms with Gasteiger partial charge in [-0.25, -0.2) is 9.13 Å². The van der Waals surface area contributed by atoms with Gasteiger partial charge in [0.1, 0.15) is 19.3 Å². The summed E-state index contributed by atoms with van der Waals surface area (Å²) in [6, 6.07) is 0. The number of carbonyl (C=O) groups excluding carboxylic acids is 4. The van der Waals surface area contributed by atoms with Crippen LogP contribution < -0.4 is 0 Å². The monoisotopic (exact) mass is 1280 g/mol. The van der Waals surface area contributed by atoms with Crippen molar-refractivity contribution in [2.75, 3.05) is 39.6 Å². The van der Waals surface area contributed by atoms with Crippen molar-refractivity contribution in [2.45, 2.75) is 350 Å². The van der Waals surface area contributed by atoms with Gasteiger partial charge in [0, 0.05) is 25.7 Å². The van der Waals surface area contributed by atoms with E-state index in [0.29, 0.717) is 37.5 Å². The number of phosphoric acid groups is 2. The average Bonchev–Trinajstić information content (AvgIpc) is 3.69. The third kappa shape index (κ3) is 61.3. The predicted octanol–water partition coefficient (Wildman–Crippen LogP) is 18.9. The molecule has 516 valence electrons. The molecule has 19 heteroatoms. The Balaban J connectivity index is 5.21. The van der Waals surface area contributed by atoms with Gasteiger partial charge in [-0.15, -0.1) is 0 Å². The molecule has 3 unspecified atom stereocenters. The molecule has 3 N–H and O–H groups in total. The summed E-state index contributed by atoms with van der Waals surface area (Å²) >= 11 is 0. The van der Waals surface area contributed by atoms with Gasteiger partial charge in [0.05, 0.1) is 26.4 Å². The molecule has 0 rings (SSSR count). The first-order chi connectivity index (χ1) is 41.6. The van der Waals surface area contributed by atoms with Gasteiger partial charge < -0.3 is 33.8 Å². The van der Waals surface area contributed by atoms with Crippen molar-refractivity contribution in [1.29, 1.82) is 0 Å². The van der Waals surface area contributed by atoms with E-state index in [2.05, 4.69) is 55.4 Å². The third-order valence-corrected chi connectivity index (χ3v) is 17.8. The van der Waals surface area contributed by atoms with E-state index in [1.54, 1.807) is 0 Å². The maximum Gasteiger partial charge on any atom is 0.472 e. The van der Waals surface area contributed by atoms with Gasteiger partial charge in [-0.2, -0.15) is 0 Å². The molecule has 0 heterocycles. The van der Waals surface area contributed by atoms with E-state index in [-0.39, 0.29) is 25.7 Å². The van der Waals surface area contributed by atoms with E-state index < -0.39 is 97.5 Å². The number of aliphatic hydroxyl groups excluding tert-OH is 1. The lowest BCUT2D eigenvalue weighted by molar-refractivity contribution is -0.161. The van der Waals surface area contributed by atoms with Crippen molar-refractivity contribution in [3.63, 3.8) is 0 Å². The molecular weight excluding hydrogens is 1150 g/mol. The van der Waals surface area contributed by atoms with E-state index in [1.807, 2.05) is 0 Å². The highest BCUT2D eigenvalue weighted by molar-refractivity contribution is 7.47. The first-order valence-electron chi connectivity index (χ1n) is 35.2. The molecule has 0 aromatic carbocycles. The fourth-order valence-corrected chi connectivity index (χ4v) is 11.7. The SMILES string of the molecule is CCC(C)CCCCCCCCCCC(=O)O[C@H](COC(=O)CCCCCCCCCCCCCCCCC(C)C)COP(=O)(O)OC[C@@H](O)COP(=O)(O)OC[C@@H](COC(=O)CCCCCCCCC(C)C)OC(=O)CCCCCCCCC(C)C. The summed E-state index contributed by atoms with van der Waals surface area (Å²) in [7, 11) is -9.90. The van der Waals surface area contributed by atoms with Crippen molar-refractivity contribution in [2.24, 2.45) is 23.7 Å². The molecule has 0 aliphatic rings. The lowest BCUT2D eigenvalue weighted by Crippen LogP contribution is -2.30. The van der Waals surface area contributed by atoms with Crippen LogP contribution in [0.3, 0.4) is 0 Å². The van der Waals surface area contributed by atoms with Crippen molar-refractivity contribution in [3.05, 3.63) is 0 Å². The van der Waals surface area contributed by atoms with Crippen molar-refractivity contribution in [1.82, 2.24) is 0 Å². The van der Waals surface area contributed by atoms with Crippen LogP contribution in [0.2, 0.25) is 0 Å². The molecule has 17 nitrogen and oxygen atoms in total. The first-order valence-corrected chi connectivity index (χ1v) is 38.2. The largest absolute Gasteiger partial charge is 0.472 e. The number of hydrogen-bond acceptors (Lipinski definition) is 15. The zero-order valence-corrected chi connectivity index (χ0v) is 58.4. The molecule has 0 spiro atoms. The number of phosphoric ester groups is 2.